The lowest BCUT2D eigenvalue weighted by atomic mass is 9.88. The minimum absolute atomic E-state index is 0.617. The second kappa shape index (κ2) is 8.32. The van der Waals surface area contributed by atoms with Crippen LogP contribution in [0.25, 0.3) is 45.1 Å². The fraction of sp³-hybridized carbons (Fsp3) is 0.0690. The molecule has 0 unspecified atom stereocenters. The Bertz CT molecular complexity index is 1510. The SMILES string of the molecule is C=Cc1nc2cc(-c3cccc(-c4cccc(-c5ccc(C=O)cc5)c4C)c3C)ccn2n1. The summed E-state index contributed by atoms with van der Waals surface area (Å²) in [5, 5.41) is 4.38. The van der Waals surface area contributed by atoms with Crippen LogP contribution in [0.3, 0.4) is 0 Å². The van der Waals surface area contributed by atoms with Crippen molar-refractivity contribution in [2.75, 3.05) is 0 Å². The van der Waals surface area contributed by atoms with E-state index in [2.05, 4.69) is 79.0 Å². The van der Waals surface area contributed by atoms with E-state index in [0.717, 1.165) is 28.6 Å². The van der Waals surface area contributed by atoms with Gasteiger partial charge in [0.05, 0.1) is 0 Å². The first-order chi connectivity index (χ1) is 16.1. The Balaban J connectivity index is 1.61. The molecule has 0 aliphatic rings. The molecule has 0 saturated heterocycles. The fourth-order valence-electron chi connectivity index (χ4n) is 4.37. The molecule has 5 aromatic rings. The summed E-state index contributed by atoms with van der Waals surface area (Å²) >= 11 is 0. The third-order valence-corrected chi connectivity index (χ3v) is 6.16. The molecular formula is C29H23N3O. The summed E-state index contributed by atoms with van der Waals surface area (Å²) in [5.41, 5.74) is 10.8. The molecule has 33 heavy (non-hydrogen) atoms. The average Bonchev–Trinajstić information content (AvgIpc) is 3.27. The fourth-order valence-corrected chi connectivity index (χ4v) is 4.37. The van der Waals surface area contributed by atoms with Crippen molar-refractivity contribution in [3.8, 4) is 33.4 Å². The Labute approximate surface area is 192 Å². The molecule has 4 nitrogen and oxygen atoms in total. The zero-order chi connectivity index (χ0) is 22.9. The van der Waals surface area contributed by atoms with Gasteiger partial charge in [-0.1, -0.05) is 67.2 Å². The molecule has 4 heteroatoms. The highest BCUT2D eigenvalue weighted by Gasteiger charge is 2.13. The van der Waals surface area contributed by atoms with Gasteiger partial charge < -0.3 is 0 Å². The number of fused-ring (bicyclic) bond motifs is 1. The lowest BCUT2D eigenvalue weighted by Crippen LogP contribution is -1.94. The van der Waals surface area contributed by atoms with Crippen LogP contribution in [-0.2, 0) is 0 Å². The van der Waals surface area contributed by atoms with Gasteiger partial charge in [0.25, 0.3) is 0 Å². The molecule has 5 rings (SSSR count). The van der Waals surface area contributed by atoms with E-state index in [1.807, 2.05) is 30.5 Å². The molecule has 0 atom stereocenters. The molecule has 0 N–H and O–H groups in total. The van der Waals surface area contributed by atoms with Gasteiger partial charge in [-0.05, 0) is 76.6 Å². The van der Waals surface area contributed by atoms with E-state index in [9.17, 15) is 4.79 Å². The van der Waals surface area contributed by atoms with Crippen LogP contribution in [0.5, 0.6) is 0 Å². The van der Waals surface area contributed by atoms with Crippen LogP contribution in [-0.4, -0.2) is 20.9 Å². The number of aromatic nitrogens is 3. The molecule has 0 aliphatic carbocycles. The Hall–Kier alpha value is -4.31. The number of carbonyl (C=O) groups is 1. The lowest BCUT2D eigenvalue weighted by Gasteiger charge is -2.16. The molecule has 0 radical (unpaired) electrons. The van der Waals surface area contributed by atoms with Gasteiger partial charge in [-0.3, -0.25) is 4.79 Å². The van der Waals surface area contributed by atoms with Gasteiger partial charge in [-0.25, -0.2) is 9.50 Å². The Morgan fingerprint density at radius 3 is 2.00 bits per heavy atom. The average molecular weight is 430 g/mol. The lowest BCUT2D eigenvalue weighted by molar-refractivity contribution is 0.112. The number of aldehydes is 1. The highest BCUT2D eigenvalue weighted by Crippen LogP contribution is 2.36. The second-order valence-corrected chi connectivity index (χ2v) is 8.09. The van der Waals surface area contributed by atoms with E-state index in [4.69, 9.17) is 0 Å². The number of pyridine rings is 1. The summed E-state index contributed by atoms with van der Waals surface area (Å²) in [6.07, 6.45) is 4.46. The molecule has 3 aromatic carbocycles. The van der Waals surface area contributed by atoms with Gasteiger partial charge in [0.15, 0.2) is 11.5 Å². The Morgan fingerprint density at radius 2 is 1.39 bits per heavy atom. The normalized spacial score (nSPS) is 11.0. The smallest absolute Gasteiger partial charge is 0.174 e. The first kappa shape index (κ1) is 20.6. The Morgan fingerprint density at radius 1 is 0.788 bits per heavy atom. The highest BCUT2D eigenvalue weighted by molar-refractivity contribution is 5.85. The van der Waals surface area contributed by atoms with Crippen LogP contribution < -0.4 is 0 Å². The van der Waals surface area contributed by atoms with Gasteiger partial charge in [-0.15, -0.1) is 5.10 Å². The van der Waals surface area contributed by atoms with Crippen molar-refractivity contribution >= 4 is 18.0 Å². The van der Waals surface area contributed by atoms with Crippen molar-refractivity contribution in [1.29, 1.82) is 0 Å². The first-order valence-electron chi connectivity index (χ1n) is 10.8. The number of hydrogen-bond acceptors (Lipinski definition) is 3. The highest BCUT2D eigenvalue weighted by atomic mass is 16.1. The zero-order valence-electron chi connectivity index (χ0n) is 18.6. The van der Waals surface area contributed by atoms with Gasteiger partial charge >= 0.3 is 0 Å². The molecule has 0 spiro atoms. The topological polar surface area (TPSA) is 47.3 Å². The molecule has 0 amide bonds. The van der Waals surface area contributed by atoms with Gasteiger partial charge in [0.2, 0.25) is 0 Å². The minimum Gasteiger partial charge on any atom is -0.298 e. The number of carbonyl (C=O) groups excluding carboxylic acids is 1. The molecular weight excluding hydrogens is 406 g/mol. The molecule has 0 bridgehead atoms. The van der Waals surface area contributed by atoms with Crippen LogP contribution in [0, 0.1) is 13.8 Å². The molecule has 160 valence electrons. The zero-order valence-corrected chi connectivity index (χ0v) is 18.6. The minimum atomic E-state index is 0.617. The monoisotopic (exact) mass is 429 g/mol. The third-order valence-electron chi connectivity index (χ3n) is 6.16. The third kappa shape index (κ3) is 3.66. The van der Waals surface area contributed by atoms with Crippen molar-refractivity contribution < 1.29 is 4.79 Å². The van der Waals surface area contributed by atoms with Crippen molar-refractivity contribution in [3.05, 3.63) is 108 Å². The number of benzene rings is 3. The molecule has 0 fully saturated rings. The van der Waals surface area contributed by atoms with Crippen molar-refractivity contribution in [3.63, 3.8) is 0 Å². The van der Waals surface area contributed by atoms with Crippen LogP contribution >= 0.6 is 0 Å². The number of hydrogen-bond donors (Lipinski definition) is 0. The molecule has 2 heterocycles. The van der Waals surface area contributed by atoms with Crippen LogP contribution in [0.15, 0.2) is 85.6 Å². The van der Waals surface area contributed by atoms with Crippen LogP contribution in [0.1, 0.15) is 27.3 Å². The summed E-state index contributed by atoms with van der Waals surface area (Å²) < 4.78 is 1.77. The molecule has 0 saturated carbocycles. The van der Waals surface area contributed by atoms with E-state index < -0.39 is 0 Å². The quantitative estimate of drug-likeness (QED) is 0.289. The van der Waals surface area contributed by atoms with Crippen molar-refractivity contribution in [1.82, 2.24) is 14.6 Å². The summed E-state index contributed by atoms with van der Waals surface area (Å²) in [6, 6.07) is 24.7. The number of nitrogens with zero attached hydrogens (tertiary/aromatic N) is 3. The second-order valence-electron chi connectivity index (χ2n) is 8.09. The maximum Gasteiger partial charge on any atom is 0.174 e. The van der Waals surface area contributed by atoms with E-state index in [1.165, 1.54) is 27.8 Å². The number of rotatable bonds is 5. The summed E-state index contributed by atoms with van der Waals surface area (Å²) in [6.45, 7) is 8.08. The van der Waals surface area contributed by atoms with Crippen LogP contribution in [0.4, 0.5) is 0 Å². The van der Waals surface area contributed by atoms with E-state index in [-0.39, 0.29) is 0 Å². The van der Waals surface area contributed by atoms with Gasteiger partial charge in [-0.2, -0.15) is 0 Å². The maximum absolute atomic E-state index is 11.0. The van der Waals surface area contributed by atoms with Crippen molar-refractivity contribution in [2.45, 2.75) is 13.8 Å². The van der Waals surface area contributed by atoms with Crippen molar-refractivity contribution in [2.24, 2.45) is 0 Å². The molecule has 2 aromatic heterocycles. The van der Waals surface area contributed by atoms with E-state index in [0.29, 0.717) is 11.4 Å². The summed E-state index contributed by atoms with van der Waals surface area (Å²) in [7, 11) is 0. The van der Waals surface area contributed by atoms with E-state index >= 15 is 0 Å². The van der Waals surface area contributed by atoms with Crippen LogP contribution in [0.2, 0.25) is 0 Å². The summed E-state index contributed by atoms with van der Waals surface area (Å²) in [4.78, 5) is 15.5. The predicted octanol–water partition coefficient (Wildman–Crippen LogP) is 6.80. The van der Waals surface area contributed by atoms with Gasteiger partial charge in [0, 0.05) is 11.8 Å². The van der Waals surface area contributed by atoms with E-state index in [1.54, 1.807) is 10.6 Å². The maximum atomic E-state index is 11.0. The Kier molecular flexibility index (Phi) is 5.19. The first-order valence-corrected chi connectivity index (χ1v) is 10.8. The molecule has 0 aliphatic heterocycles. The predicted molar refractivity (Wildman–Crippen MR) is 134 cm³/mol. The summed E-state index contributed by atoms with van der Waals surface area (Å²) in [5.74, 6) is 0.617. The standard InChI is InChI=1S/C29H23N3O/c1-4-28-30-29-17-23(15-16-32(29)31-28)25-8-6-10-27(20(25)3)26-9-5-7-24(19(26)2)22-13-11-21(18-33)12-14-22/h4-18H,1H2,2-3H3. The van der Waals surface area contributed by atoms with Gasteiger partial charge in [0.1, 0.15) is 6.29 Å². The largest absolute Gasteiger partial charge is 0.298 e.